The summed E-state index contributed by atoms with van der Waals surface area (Å²) in [5.74, 6) is 1.64. The van der Waals surface area contributed by atoms with Crippen LogP contribution in [-0.2, 0) is 11.8 Å². The monoisotopic (exact) mass is 466 g/mol. The van der Waals surface area contributed by atoms with E-state index in [1.165, 1.54) is 18.9 Å². The highest BCUT2D eigenvalue weighted by Gasteiger charge is 2.19. The molecule has 1 heterocycles. The molecule has 0 aliphatic rings. The van der Waals surface area contributed by atoms with Crippen LogP contribution in [0.25, 0.3) is 0 Å². The number of halogens is 2. The smallest absolute Gasteiger partial charge is 0.234 e. The second-order valence-corrected chi connectivity index (χ2v) is 8.06. The Morgan fingerprint density at radius 1 is 1.20 bits per heavy atom. The molecule has 0 bridgehead atoms. The van der Waals surface area contributed by atoms with E-state index in [0.29, 0.717) is 38.2 Å². The number of hydrogen-bond donors (Lipinski definition) is 1. The lowest BCUT2D eigenvalue weighted by molar-refractivity contribution is -0.113. The van der Waals surface area contributed by atoms with Gasteiger partial charge in [-0.1, -0.05) is 47.1 Å². The number of nitrogens with zero attached hydrogens (tertiary/aromatic N) is 3. The zero-order valence-electron chi connectivity index (χ0n) is 16.6. The summed E-state index contributed by atoms with van der Waals surface area (Å²) < 4.78 is 12.9. The summed E-state index contributed by atoms with van der Waals surface area (Å²) in [4.78, 5) is 12.4. The molecule has 0 fully saturated rings. The van der Waals surface area contributed by atoms with E-state index in [2.05, 4.69) is 15.5 Å². The summed E-state index contributed by atoms with van der Waals surface area (Å²) in [5.41, 5.74) is 0.510. The highest BCUT2D eigenvalue weighted by atomic mass is 35.5. The molecule has 0 aliphatic carbocycles. The third kappa shape index (κ3) is 5.38. The number of thioether (sulfide) groups is 1. The zero-order chi connectivity index (χ0) is 21.7. The number of para-hydroxylation sites is 1. The van der Waals surface area contributed by atoms with Crippen molar-refractivity contribution in [3.63, 3.8) is 0 Å². The van der Waals surface area contributed by atoms with Gasteiger partial charge >= 0.3 is 0 Å². The zero-order valence-corrected chi connectivity index (χ0v) is 18.9. The van der Waals surface area contributed by atoms with Gasteiger partial charge < -0.3 is 19.4 Å². The van der Waals surface area contributed by atoms with Crippen molar-refractivity contribution in [2.45, 2.75) is 18.2 Å². The maximum absolute atomic E-state index is 12.4. The predicted octanol–water partition coefficient (Wildman–Crippen LogP) is 5.00. The summed E-state index contributed by atoms with van der Waals surface area (Å²) in [6.07, 6.45) is -0.374. The summed E-state index contributed by atoms with van der Waals surface area (Å²) in [5, 5.41) is 12.8. The van der Waals surface area contributed by atoms with Gasteiger partial charge in [-0.3, -0.25) is 4.79 Å². The minimum absolute atomic E-state index is 0.140. The lowest BCUT2D eigenvalue weighted by atomic mass is 10.3. The number of nitrogens with one attached hydrogen (secondary N) is 1. The first-order valence-electron chi connectivity index (χ1n) is 8.95. The van der Waals surface area contributed by atoms with E-state index in [0.717, 1.165) is 0 Å². The maximum Gasteiger partial charge on any atom is 0.234 e. The van der Waals surface area contributed by atoms with E-state index in [9.17, 15) is 4.79 Å². The Bertz CT molecular complexity index is 1040. The molecule has 0 saturated heterocycles. The van der Waals surface area contributed by atoms with Gasteiger partial charge in [0.2, 0.25) is 5.91 Å². The number of methoxy groups -OCH3 is 1. The molecule has 7 nitrogen and oxygen atoms in total. The van der Waals surface area contributed by atoms with E-state index < -0.39 is 0 Å². The first-order valence-corrected chi connectivity index (χ1v) is 10.7. The van der Waals surface area contributed by atoms with Crippen molar-refractivity contribution in [3.8, 4) is 11.5 Å². The van der Waals surface area contributed by atoms with Crippen LogP contribution in [0.5, 0.6) is 11.5 Å². The lowest BCUT2D eigenvalue weighted by Gasteiger charge is -2.15. The van der Waals surface area contributed by atoms with Gasteiger partial charge in [0, 0.05) is 12.1 Å². The van der Waals surface area contributed by atoms with E-state index in [1.807, 2.05) is 26.1 Å². The summed E-state index contributed by atoms with van der Waals surface area (Å²) in [7, 11) is 3.35. The predicted molar refractivity (Wildman–Crippen MR) is 119 cm³/mol. The van der Waals surface area contributed by atoms with Crippen molar-refractivity contribution in [1.82, 2.24) is 14.8 Å². The fourth-order valence-electron chi connectivity index (χ4n) is 2.68. The van der Waals surface area contributed by atoms with Crippen LogP contribution in [0.2, 0.25) is 10.0 Å². The van der Waals surface area contributed by atoms with Crippen molar-refractivity contribution in [2.24, 2.45) is 7.05 Å². The van der Waals surface area contributed by atoms with Gasteiger partial charge in [0.25, 0.3) is 0 Å². The van der Waals surface area contributed by atoms with Gasteiger partial charge in [-0.05, 0) is 37.3 Å². The lowest BCUT2D eigenvalue weighted by Crippen LogP contribution is -2.15. The molecular formula is C20H20Cl2N4O3S. The van der Waals surface area contributed by atoms with Crippen molar-refractivity contribution >= 4 is 46.6 Å². The summed E-state index contributed by atoms with van der Waals surface area (Å²) >= 11 is 13.4. The number of carbonyl (C=O) groups is 1. The Hall–Kier alpha value is -2.42. The largest absolute Gasteiger partial charge is 0.495 e. The topological polar surface area (TPSA) is 78.3 Å². The Morgan fingerprint density at radius 2 is 1.97 bits per heavy atom. The van der Waals surface area contributed by atoms with Crippen molar-refractivity contribution in [3.05, 3.63) is 58.3 Å². The maximum atomic E-state index is 12.4. The third-order valence-corrected chi connectivity index (χ3v) is 5.71. The van der Waals surface area contributed by atoms with Crippen LogP contribution in [0.3, 0.4) is 0 Å². The number of amides is 1. The third-order valence-electron chi connectivity index (χ3n) is 4.14. The number of carbonyl (C=O) groups excluding carboxylic acids is 1. The average Bonchev–Trinajstić information content (AvgIpc) is 3.09. The van der Waals surface area contributed by atoms with Crippen LogP contribution in [-0.4, -0.2) is 33.5 Å². The molecular weight excluding hydrogens is 447 g/mol. The van der Waals surface area contributed by atoms with Crippen molar-refractivity contribution < 1.29 is 14.3 Å². The van der Waals surface area contributed by atoms with Crippen LogP contribution in [0.4, 0.5) is 5.69 Å². The fraction of sp³-hybridized carbons (Fsp3) is 0.250. The highest BCUT2D eigenvalue weighted by Crippen LogP contribution is 2.30. The number of hydrogen-bond acceptors (Lipinski definition) is 6. The van der Waals surface area contributed by atoms with Gasteiger partial charge in [-0.25, -0.2) is 0 Å². The molecule has 0 unspecified atom stereocenters. The van der Waals surface area contributed by atoms with E-state index in [1.54, 1.807) is 34.9 Å². The molecule has 1 aromatic heterocycles. The number of rotatable bonds is 8. The molecule has 3 rings (SSSR count). The van der Waals surface area contributed by atoms with Crippen molar-refractivity contribution in [1.29, 1.82) is 0 Å². The number of benzene rings is 2. The first-order chi connectivity index (χ1) is 14.4. The Labute approximate surface area is 188 Å². The second-order valence-electron chi connectivity index (χ2n) is 6.27. The van der Waals surface area contributed by atoms with E-state index >= 15 is 0 Å². The van der Waals surface area contributed by atoms with Crippen LogP contribution in [0.15, 0.2) is 47.6 Å². The molecule has 0 radical (unpaired) electrons. The Morgan fingerprint density at radius 3 is 2.70 bits per heavy atom. The summed E-state index contributed by atoms with van der Waals surface area (Å²) in [6.45, 7) is 1.86. The quantitative estimate of drug-likeness (QED) is 0.470. The number of ether oxygens (including phenoxy) is 2. The molecule has 0 saturated carbocycles. The fourth-order valence-corrected chi connectivity index (χ4v) is 3.75. The van der Waals surface area contributed by atoms with Gasteiger partial charge in [0.05, 0.1) is 23.6 Å². The molecule has 0 aliphatic heterocycles. The normalized spacial score (nSPS) is 11.8. The van der Waals surface area contributed by atoms with Gasteiger partial charge in [-0.2, -0.15) is 0 Å². The molecule has 1 atom stereocenters. The highest BCUT2D eigenvalue weighted by molar-refractivity contribution is 7.99. The first kappa shape index (κ1) is 22.3. The molecule has 1 amide bonds. The van der Waals surface area contributed by atoms with Crippen LogP contribution < -0.4 is 14.8 Å². The van der Waals surface area contributed by atoms with Crippen LogP contribution >= 0.6 is 35.0 Å². The van der Waals surface area contributed by atoms with Crippen molar-refractivity contribution in [2.75, 3.05) is 18.2 Å². The SMILES string of the molecule is COc1ccc(Cl)cc1NC(=O)CSc1nnc([C@@H](C)Oc2ccccc2Cl)n1C. The van der Waals surface area contributed by atoms with Crippen LogP contribution in [0.1, 0.15) is 18.9 Å². The number of aromatic nitrogens is 3. The second kappa shape index (κ2) is 10.1. The molecule has 2 aromatic carbocycles. The minimum Gasteiger partial charge on any atom is -0.495 e. The molecule has 10 heteroatoms. The summed E-state index contributed by atoms with van der Waals surface area (Å²) in [6, 6.07) is 12.3. The Balaban J connectivity index is 1.62. The molecule has 30 heavy (non-hydrogen) atoms. The Kier molecular flexibility index (Phi) is 7.47. The van der Waals surface area contributed by atoms with Gasteiger partial charge in [-0.15, -0.1) is 10.2 Å². The number of anilines is 1. The molecule has 3 aromatic rings. The molecule has 158 valence electrons. The van der Waals surface area contributed by atoms with Crippen LogP contribution in [0, 0.1) is 0 Å². The van der Waals surface area contributed by atoms with Gasteiger partial charge in [0.15, 0.2) is 17.1 Å². The standard InChI is InChI=1S/C20H20Cl2N4O3S/c1-12(29-16-7-5-4-6-14(16)22)19-24-25-20(26(19)2)30-11-18(27)23-15-10-13(21)8-9-17(15)28-3/h4-10,12H,11H2,1-3H3,(H,23,27)/t12-/m1/s1. The molecule has 0 spiro atoms. The average molecular weight is 467 g/mol. The van der Waals surface area contributed by atoms with E-state index in [-0.39, 0.29) is 17.8 Å². The van der Waals surface area contributed by atoms with Gasteiger partial charge in [0.1, 0.15) is 11.5 Å². The molecule has 1 N–H and O–H groups in total. The van der Waals surface area contributed by atoms with E-state index in [4.69, 9.17) is 32.7 Å². The minimum atomic E-state index is -0.374.